The number of rotatable bonds is 2. The largest absolute Gasteiger partial charge is 0.381 e. The quantitative estimate of drug-likeness (QED) is 0.564. The van der Waals surface area contributed by atoms with Crippen LogP contribution in [0.5, 0.6) is 0 Å². The topological polar surface area (TPSA) is 46.6 Å². The summed E-state index contributed by atoms with van der Waals surface area (Å²) < 4.78 is 5.12. The molecule has 4 nitrogen and oxygen atoms in total. The molecular weight excluding hydrogens is 170 g/mol. The van der Waals surface area contributed by atoms with Crippen molar-refractivity contribution in [2.45, 2.75) is 31.4 Å². The van der Waals surface area contributed by atoms with Crippen LogP contribution in [0.1, 0.15) is 19.3 Å². The second-order valence-corrected chi connectivity index (χ2v) is 3.72. The zero-order valence-corrected chi connectivity index (χ0v) is 7.66. The Morgan fingerprint density at radius 2 is 2.08 bits per heavy atom. The van der Waals surface area contributed by atoms with Crippen molar-refractivity contribution >= 4 is 11.7 Å². The fourth-order valence-corrected chi connectivity index (χ4v) is 1.92. The van der Waals surface area contributed by atoms with Gasteiger partial charge in [-0.15, -0.1) is 0 Å². The van der Waals surface area contributed by atoms with Crippen molar-refractivity contribution in [2.75, 3.05) is 13.7 Å². The van der Waals surface area contributed by atoms with Gasteiger partial charge in [-0.2, -0.15) is 0 Å². The van der Waals surface area contributed by atoms with Gasteiger partial charge in [0.15, 0.2) is 5.78 Å². The van der Waals surface area contributed by atoms with Crippen LogP contribution in [-0.2, 0) is 14.3 Å². The summed E-state index contributed by atoms with van der Waals surface area (Å²) >= 11 is 0. The molecule has 72 valence electrons. The Labute approximate surface area is 76.8 Å². The van der Waals surface area contributed by atoms with Gasteiger partial charge in [0, 0.05) is 13.2 Å². The highest BCUT2D eigenvalue weighted by Gasteiger charge is 2.40. The van der Waals surface area contributed by atoms with Gasteiger partial charge in [0.05, 0.1) is 19.1 Å². The summed E-state index contributed by atoms with van der Waals surface area (Å²) in [5, 5.41) is 0. The summed E-state index contributed by atoms with van der Waals surface area (Å²) in [7, 11) is 1.68. The molecule has 0 bridgehead atoms. The molecule has 0 radical (unpaired) electrons. The van der Waals surface area contributed by atoms with Gasteiger partial charge in [-0.3, -0.25) is 9.59 Å². The number of ether oxygens (including phenoxy) is 1. The number of amides is 1. The average molecular weight is 183 g/mol. The summed E-state index contributed by atoms with van der Waals surface area (Å²) in [5.74, 6) is 0.0374. The van der Waals surface area contributed by atoms with E-state index < -0.39 is 0 Å². The molecule has 0 unspecified atom stereocenters. The maximum Gasteiger partial charge on any atom is 0.230 e. The third kappa shape index (κ3) is 1.46. The number of carbonyl (C=O) groups is 2. The molecule has 0 atom stereocenters. The predicted octanol–water partition coefficient (Wildman–Crippen LogP) is -0.0348. The molecule has 1 saturated carbocycles. The SMILES string of the molecule is COC1CC(N2CC(=O)CC2=O)C1. The van der Waals surface area contributed by atoms with E-state index in [4.69, 9.17) is 4.74 Å². The summed E-state index contributed by atoms with van der Waals surface area (Å²) in [6.07, 6.45) is 2.16. The normalized spacial score (nSPS) is 33.8. The zero-order valence-electron chi connectivity index (χ0n) is 7.66. The maximum atomic E-state index is 11.3. The molecule has 4 heteroatoms. The van der Waals surface area contributed by atoms with E-state index in [0.717, 1.165) is 12.8 Å². The lowest BCUT2D eigenvalue weighted by atomic mass is 9.88. The third-order valence-corrected chi connectivity index (χ3v) is 2.86. The maximum absolute atomic E-state index is 11.3. The first kappa shape index (κ1) is 8.69. The number of hydrogen-bond acceptors (Lipinski definition) is 3. The first-order valence-corrected chi connectivity index (χ1v) is 4.54. The summed E-state index contributed by atoms with van der Waals surface area (Å²) in [5.41, 5.74) is 0. The van der Waals surface area contributed by atoms with Crippen LogP contribution in [0.3, 0.4) is 0 Å². The van der Waals surface area contributed by atoms with Crippen LogP contribution in [0.2, 0.25) is 0 Å². The van der Waals surface area contributed by atoms with Crippen molar-refractivity contribution in [3.63, 3.8) is 0 Å². The number of ketones is 1. The van der Waals surface area contributed by atoms with E-state index in [1.54, 1.807) is 12.0 Å². The number of carbonyl (C=O) groups excluding carboxylic acids is 2. The van der Waals surface area contributed by atoms with E-state index in [9.17, 15) is 9.59 Å². The van der Waals surface area contributed by atoms with Crippen molar-refractivity contribution in [3.05, 3.63) is 0 Å². The van der Waals surface area contributed by atoms with Crippen molar-refractivity contribution in [2.24, 2.45) is 0 Å². The first-order valence-electron chi connectivity index (χ1n) is 4.54. The number of likely N-dealkylation sites (tertiary alicyclic amines) is 1. The van der Waals surface area contributed by atoms with Gasteiger partial charge in [0.2, 0.25) is 5.91 Å². The van der Waals surface area contributed by atoms with E-state index in [1.165, 1.54) is 0 Å². The molecule has 1 saturated heterocycles. The molecule has 0 spiro atoms. The van der Waals surface area contributed by atoms with Crippen LogP contribution in [0.15, 0.2) is 0 Å². The van der Waals surface area contributed by atoms with Gasteiger partial charge in [-0.1, -0.05) is 0 Å². The zero-order chi connectivity index (χ0) is 9.42. The molecule has 0 aromatic carbocycles. The summed E-state index contributed by atoms with van der Waals surface area (Å²) in [4.78, 5) is 23.9. The van der Waals surface area contributed by atoms with Gasteiger partial charge >= 0.3 is 0 Å². The molecule has 2 aliphatic rings. The molecule has 1 aliphatic heterocycles. The Morgan fingerprint density at radius 1 is 1.38 bits per heavy atom. The molecular formula is C9H13NO3. The summed E-state index contributed by atoms with van der Waals surface area (Å²) in [6, 6.07) is 0.254. The monoisotopic (exact) mass is 183 g/mol. The Kier molecular flexibility index (Phi) is 2.07. The predicted molar refractivity (Wildman–Crippen MR) is 45.2 cm³/mol. The van der Waals surface area contributed by atoms with Gasteiger partial charge in [-0.25, -0.2) is 0 Å². The van der Waals surface area contributed by atoms with Crippen molar-refractivity contribution in [3.8, 4) is 0 Å². The van der Waals surface area contributed by atoms with Crippen molar-refractivity contribution in [1.82, 2.24) is 4.90 Å². The first-order chi connectivity index (χ1) is 6.20. The number of nitrogens with zero attached hydrogens (tertiary/aromatic N) is 1. The third-order valence-electron chi connectivity index (χ3n) is 2.86. The Hall–Kier alpha value is -0.900. The lowest BCUT2D eigenvalue weighted by Crippen LogP contribution is -2.48. The smallest absolute Gasteiger partial charge is 0.230 e. The Bertz CT molecular complexity index is 245. The molecule has 0 aromatic rings. The highest BCUT2D eigenvalue weighted by Crippen LogP contribution is 2.29. The van der Waals surface area contributed by atoms with Crippen molar-refractivity contribution < 1.29 is 14.3 Å². The molecule has 1 heterocycles. The molecule has 2 rings (SSSR count). The van der Waals surface area contributed by atoms with Gasteiger partial charge in [0.1, 0.15) is 0 Å². The minimum absolute atomic E-state index is 0.00967. The number of methoxy groups -OCH3 is 1. The highest BCUT2D eigenvalue weighted by atomic mass is 16.5. The molecule has 1 amide bonds. The van der Waals surface area contributed by atoms with Crippen molar-refractivity contribution in [1.29, 1.82) is 0 Å². The molecule has 0 N–H and O–H groups in total. The van der Waals surface area contributed by atoms with E-state index >= 15 is 0 Å². The van der Waals surface area contributed by atoms with Crippen LogP contribution in [-0.4, -0.2) is 42.4 Å². The van der Waals surface area contributed by atoms with Crippen LogP contribution in [0, 0.1) is 0 Å². The fourth-order valence-electron chi connectivity index (χ4n) is 1.92. The fraction of sp³-hybridized carbons (Fsp3) is 0.778. The molecule has 0 aromatic heterocycles. The van der Waals surface area contributed by atoms with Crippen LogP contribution >= 0.6 is 0 Å². The standard InChI is InChI=1S/C9H13NO3/c1-13-8-2-6(3-8)10-5-7(11)4-9(10)12/h6,8H,2-5H2,1H3. The van der Waals surface area contributed by atoms with Gasteiger partial charge in [0.25, 0.3) is 0 Å². The molecule has 13 heavy (non-hydrogen) atoms. The second-order valence-electron chi connectivity index (χ2n) is 3.72. The van der Waals surface area contributed by atoms with Gasteiger partial charge in [-0.05, 0) is 12.8 Å². The van der Waals surface area contributed by atoms with E-state index in [2.05, 4.69) is 0 Å². The van der Waals surface area contributed by atoms with E-state index in [0.29, 0.717) is 6.54 Å². The summed E-state index contributed by atoms with van der Waals surface area (Å²) in [6.45, 7) is 0.319. The van der Waals surface area contributed by atoms with Crippen LogP contribution in [0.4, 0.5) is 0 Å². The van der Waals surface area contributed by atoms with Gasteiger partial charge < -0.3 is 9.64 Å². The number of Topliss-reactive ketones (excluding diaryl/α,β-unsaturated/α-hetero) is 1. The number of hydrogen-bond donors (Lipinski definition) is 0. The Morgan fingerprint density at radius 3 is 2.54 bits per heavy atom. The lowest BCUT2D eigenvalue weighted by Gasteiger charge is -2.39. The highest BCUT2D eigenvalue weighted by molar-refractivity contribution is 6.05. The minimum Gasteiger partial charge on any atom is -0.381 e. The average Bonchev–Trinajstić information content (AvgIpc) is 2.29. The minimum atomic E-state index is -0.00967. The second kappa shape index (κ2) is 3.10. The van der Waals surface area contributed by atoms with Crippen LogP contribution in [0.25, 0.3) is 0 Å². The van der Waals surface area contributed by atoms with E-state index in [-0.39, 0.29) is 30.3 Å². The molecule has 1 aliphatic carbocycles. The molecule has 2 fully saturated rings. The van der Waals surface area contributed by atoms with Crippen LogP contribution < -0.4 is 0 Å². The lowest BCUT2D eigenvalue weighted by molar-refractivity contribution is -0.134. The Balaban J connectivity index is 1.89. The van der Waals surface area contributed by atoms with E-state index in [1.807, 2.05) is 0 Å².